The van der Waals surface area contributed by atoms with Crippen molar-refractivity contribution in [1.29, 1.82) is 0 Å². The van der Waals surface area contributed by atoms with Crippen LogP contribution in [0.15, 0.2) is 6.20 Å². The van der Waals surface area contributed by atoms with Crippen LogP contribution in [0.3, 0.4) is 0 Å². The van der Waals surface area contributed by atoms with E-state index in [0.29, 0.717) is 12.2 Å². The lowest BCUT2D eigenvalue weighted by molar-refractivity contribution is 0.600. The molecule has 0 aliphatic heterocycles. The van der Waals surface area contributed by atoms with Crippen molar-refractivity contribution in [1.82, 2.24) is 15.0 Å². The molecule has 1 aromatic heterocycles. The molecule has 1 aromatic rings. The molecule has 0 N–H and O–H groups in total. The third-order valence-corrected chi connectivity index (χ3v) is 2.14. The SMILES string of the molecule is CCn1cc(CS(C)(=O)=O)nn1. The van der Waals surface area contributed by atoms with E-state index in [1.165, 1.54) is 6.26 Å². The zero-order valence-electron chi connectivity index (χ0n) is 7.06. The summed E-state index contributed by atoms with van der Waals surface area (Å²) in [6.07, 6.45) is 2.82. The van der Waals surface area contributed by atoms with Crippen molar-refractivity contribution < 1.29 is 8.42 Å². The smallest absolute Gasteiger partial charge is 0.153 e. The third-order valence-electron chi connectivity index (χ3n) is 1.32. The maximum absolute atomic E-state index is 10.8. The van der Waals surface area contributed by atoms with E-state index in [1.54, 1.807) is 10.9 Å². The average Bonchev–Trinajstić information content (AvgIpc) is 2.32. The van der Waals surface area contributed by atoms with Crippen molar-refractivity contribution in [3.05, 3.63) is 11.9 Å². The molecule has 12 heavy (non-hydrogen) atoms. The number of sulfone groups is 1. The van der Waals surface area contributed by atoms with Crippen LogP contribution in [0.4, 0.5) is 0 Å². The number of hydrogen-bond acceptors (Lipinski definition) is 4. The van der Waals surface area contributed by atoms with Gasteiger partial charge in [0.1, 0.15) is 0 Å². The van der Waals surface area contributed by atoms with Crippen molar-refractivity contribution in [2.45, 2.75) is 19.2 Å². The molecule has 0 bridgehead atoms. The molecule has 0 fully saturated rings. The summed E-state index contributed by atoms with van der Waals surface area (Å²) in [6, 6.07) is 0. The molecular weight excluding hydrogens is 178 g/mol. The van der Waals surface area contributed by atoms with E-state index < -0.39 is 9.84 Å². The van der Waals surface area contributed by atoms with E-state index >= 15 is 0 Å². The van der Waals surface area contributed by atoms with Gasteiger partial charge < -0.3 is 0 Å². The van der Waals surface area contributed by atoms with Crippen LogP contribution in [-0.2, 0) is 22.1 Å². The van der Waals surface area contributed by atoms with E-state index in [-0.39, 0.29) is 5.75 Å². The van der Waals surface area contributed by atoms with Gasteiger partial charge in [-0.05, 0) is 6.92 Å². The first kappa shape index (κ1) is 9.18. The lowest BCUT2D eigenvalue weighted by Crippen LogP contribution is -2.00. The first-order valence-electron chi connectivity index (χ1n) is 3.58. The van der Waals surface area contributed by atoms with E-state index in [9.17, 15) is 8.42 Å². The second-order valence-electron chi connectivity index (χ2n) is 2.64. The Morgan fingerprint density at radius 1 is 1.58 bits per heavy atom. The van der Waals surface area contributed by atoms with Gasteiger partial charge in [-0.2, -0.15) is 0 Å². The predicted octanol–water partition coefficient (Wildman–Crippen LogP) is -0.157. The topological polar surface area (TPSA) is 64.8 Å². The first-order chi connectivity index (χ1) is 5.51. The Morgan fingerprint density at radius 3 is 2.67 bits per heavy atom. The Morgan fingerprint density at radius 2 is 2.25 bits per heavy atom. The van der Waals surface area contributed by atoms with E-state index in [2.05, 4.69) is 10.3 Å². The fourth-order valence-electron chi connectivity index (χ4n) is 0.828. The molecule has 0 radical (unpaired) electrons. The molecule has 68 valence electrons. The summed E-state index contributed by atoms with van der Waals surface area (Å²) in [5.41, 5.74) is 0.499. The van der Waals surface area contributed by atoms with Crippen molar-refractivity contribution >= 4 is 9.84 Å². The van der Waals surface area contributed by atoms with Crippen LogP contribution >= 0.6 is 0 Å². The maximum atomic E-state index is 10.8. The lowest BCUT2D eigenvalue weighted by atomic mass is 10.5. The Bertz CT molecular complexity index is 355. The first-order valence-corrected chi connectivity index (χ1v) is 5.64. The summed E-state index contributed by atoms with van der Waals surface area (Å²) in [5, 5.41) is 7.43. The second kappa shape index (κ2) is 3.22. The van der Waals surface area contributed by atoms with Crippen molar-refractivity contribution in [2.24, 2.45) is 0 Å². The minimum absolute atomic E-state index is 0.0347. The molecule has 1 rings (SSSR count). The molecule has 0 aliphatic carbocycles. The molecule has 0 saturated heterocycles. The minimum atomic E-state index is -2.99. The largest absolute Gasteiger partial charge is 0.253 e. The van der Waals surface area contributed by atoms with Gasteiger partial charge in [0.2, 0.25) is 0 Å². The van der Waals surface area contributed by atoms with E-state index in [4.69, 9.17) is 0 Å². The van der Waals surface area contributed by atoms with Crippen molar-refractivity contribution in [3.63, 3.8) is 0 Å². The molecule has 0 aliphatic rings. The van der Waals surface area contributed by atoms with Gasteiger partial charge in [0.25, 0.3) is 0 Å². The summed E-state index contributed by atoms with van der Waals surface area (Å²) in [7, 11) is -2.99. The molecule has 0 unspecified atom stereocenters. The summed E-state index contributed by atoms with van der Waals surface area (Å²) in [6.45, 7) is 2.62. The average molecular weight is 189 g/mol. The number of hydrogen-bond donors (Lipinski definition) is 0. The van der Waals surface area contributed by atoms with Gasteiger partial charge in [-0.15, -0.1) is 5.10 Å². The second-order valence-corrected chi connectivity index (χ2v) is 4.78. The number of aromatic nitrogens is 3. The van der Waals surface area contributed by atoms with Crippen LogP contribution in [0, 0.1) is 0 Å². The number of aryl methyl sites for hydroxylation is 1. The van der Waals surface area contributed by atoms with Gasteiger partial charge in [-0.3, -0.25) is 4.68 Å². The molecule has 0 saturated carbocycles. The molecule has 0 spiro atoms. The Hall–Kier alpha value is -0.910. The quantitative estimate of drug-likeness (QED) is 0.663. The molecular formula is C6H11N3O2S. The highest BCUT2D eigenvalue weighted by molar-refractivity contribution is 7.89. The maximum Gasteiger partial charge on any atom is 0.153 e. The van der Waals surface area contributed by atoms with Crippen LogP contribution in [0.1, 0.15) is 12.6 Å². The summed E-state index contributed by atoms with van der Waals surface area (Å²) >= 11 is 0. The van der Waals surface area contributed by atoms with Gasteiger partial charge in [0.05, 0.1) is 11.4 Å². The van der Waals surface area contributed by atoms with Crippen molar-refractivity contribution in [3.8, 4) is 0 Å². The highest BCUT2D eigenvalue weighted by atomic mass is 32.2. The predicted molar refractivity (Wildman–Crippen MR) is 44.2 cm³/mol. The van der Waals surface area contributed by atoms with Crippen molar-refractivity contribution in [2.75, 3.05) is 6.26 Å². The fraction of sp³-hybridized carbons (Fsp3) is 0.667. The molecule has 0 atom stereocenters. The third kappa shape index (κ3) is 2.61. The van der Waals surface area contributed by atoms with Crippen LogP contribution in [0.25, 0.3) is 0 Å². The number of nitrogens with zero attached hydrogens (tertiary/aromatic N) is 3. The standard InChI is InChI=1S/C6H11N3O2S/c1-3-9-4-6(7-8-9)5-12(2,10)11/h4H,3,5H2,1-2H3. The van der Waals surface area contributed by atoms with E-state index in [1.807, 2.05) is 6.92 Å². The fourth-order valence-corrected chi connectivity index (χ4v) is 1.50. The highest BCUT2D eigenvalue weighted by Crippen LogP contribution is 1.99. The molecule has 0 aromatic carbocycles. The van der Waals surface area contributed by atoms with E-state index in [0.717, 1.165) is 0 Å². The zero-order chi connectivity index (χ0) is 9.19. The van der Waals surface area contributed by atoms with Crippen LogP contribution in [0.5, 0.6) is 0 Å². The normalized spacial score (nSPS) is 11.8. The molecule has 1 heterocycles. The van der Waals surface area contributed by atoms with Gasteiger partial charge in [0, 0.05) is 19.0 Å². The lowest BCUT2D eigenvalue weighted by Gasteiger charge is -1.90. The van der Waals surface area contributed by atoms with Crippen LogP contribution < -0.4 is 0 Å². The zero-order valence-corrected chi connectivity index (χ0v) is 7.87. The van der Waals surface area contributed by atoms with Gasteiger partial charge in [-0.1, -0.05) is 5.21 Å². The molecule has 6 heteroatoms. The Balaban J connectivity index is 2.78. The molecule has 0 amide bonds. The summed E-state index contributed by atoms with van der Waals surface area (Å²) < 4.78 is 23.2. The van der Waals surface area contributed by atoms with Crippen LogP contribution in [-0.4, -0.2) is 29.7 Å². The van der Waals surface area contributed by atoms with Gasteiger partial charge in [-0.25, -0.2) is 8.42 Å². The molecule has 5 nitrogen and oxygen atoms in total. The summed E-state index contributed by atoms with van der Waals surface area (Å²) in [5.74, 6) is -0.0347. The number of rotatable bonds is 3. The summed E-state index contributed by atoms with van der Waals surface area (Å²) in [4.78, 5) is 0. The minimum Gasteiger partial charge on any atom is -0.253 e. The highest BCUT2D eigenvalue weighted by Gasteiger charge is 2.07. The Kier molecular flexibility index (Phi) is 2.46. The Labute approximate surface area is 71.3 Å². The van der Waals surface area contributed by atoms with Gasteiger partial charge in [0.15, 0.2) is 9.84 Å². The van der Waals surface area contributed by atoms with Gasteiger partial charge >= 0.3 is 0 Å². The monoisotopic (exact) mass is 189 g/mol. The van der Waals surface area contributed by atoms with Crippen LogP contribution in [0.2, 0.25) is 0 Å².